The summed E-state index contributed by atoms with van der Waals surface area (Å²) >= 11 is 0. The minimum absolute atomic E-state index is 0.577. The molecule has 0 unspecified atom stereocenters. The van der Waals surface area contributed by atoms with Crippen molar-refractivity contribution in [2.24, 2.45) is 5.10 Å². The van der Waals surface area contributed by atoms with Gasteiger partial charge in [-0.15, -0.1) is 16.8 Å². The van der Waals surface area contributed by atoms with Gasteiger partial charge in [0.2, 0.25) is 0 Å². The summed E-state index contributed by atoms with van der Waals surface area (Å²) in [5.74, 6) is 1.28. The molecule has 2 heterocycles. The average Bonchev–Trinajstić information content (AvgIpc) is 3.12. The molecule has 0 aliphatic rings. The smallest absolute Gasteiger partial charge is 0.168 e. The standard InChI is InChI=1S/C17H16N6/c1-2-3-14-4-6-15(7-5-14)12-19-20-16-8-9-17(22-21-16)23-11-10-18-13-23/h2,4-13H,1,3H2,(H,20,21)/b19-12+. The van der Waals surface area contributed by atoms with Gasteiger partial charge in [-0.2, -0.15) is 5.10 Å². The maximum atomic E-state index is 4.16. The summed E-state index contributed by atoms with van der Waals surface area (Å²) in [6, 6.07) is 11.8. The Hall–Kier alpha value is -3.28. The number of aromatic nitrogens is 4. The predicted molar refractivity (Wildman–Crippen MR) is 90.7 cm³/mol. The number of nitrogens with one attached hydrogen (secondary N) is 1. The van der Waals surface area contributed by atoms with Crippen molar-refractivity contribution in [1.29, 1.82) is 0 Å². The van der Waals surface area contributed by atoms with E-state index in [1.807, 2.05) is 36.5 Å². The van der Waals surface area contributed by atoms with Crippen LogP contribution in [0.5, 0.6) is 0 Å². The second-order valence-corrected chi connectivity index (χ2v) is 4.85. The van der Waals surface area contributed by atoms with Gasteiger partial charge in [-0.3, -0.25) is 9.99 Å². The lowest BCUT2D eigenvalue weighted by molar-refractivity contribution is 0.911. The van der Waals surface area contributed by atoms with Crippen LogP contribution < -0.4 is 5.43 Å². The first kappa shape index (κ1) is 14.6. The van der Waals surface area contributed by atoms with Crippen LogP contribution in [0.4, 0.5) is 5.82 Å². The maximum Gasteiger partial charge on any atom is 0.168 e. The molecule has 0 spiro atoms. The molecule has 6 heteroatoms. The van der Waals surface area contributed by atoms with Crippen molar-refractivity contribution < 1.29 is 0 Å². The van der Waals surface area contributed by atoms with Crippen LogP contribution in [-0.4, -0.2) is 26.0 Å². The van der Waals surface area contributed by atoms with Crippen molar-refractivity contribution in [1.82, 2.24) is 19.7 Å². The molecular formula is C17H16N6. The highest BCUT2D eigenvalue weighted by atomic mass is 15.3. The summed E-state index contributed by atoms with van der Waals surface area (Å²) in [6.07, 6.45) is 9.67. The van der Waals surface area contributed by atoms with Gasteiger partial charge in [-0.1, -0.05) is 30.3 Å². The number of benzene rings is 1. The highest BCUT2D eigenvalue weighted by Crippen LogP contribution is 2.07. The second-order valence-electron chi connectivity index (χ2n) is 4.85. The van der Waals surface area contributed by atoms with Crippen molar-refractivity contribution in [2.75, 3.05) is 5.43 Å². The van der Waals surface area contributed by atoms with Gasteiger partial charge in [0.15, 0.2) is 11.6 Å². The van der Waals surface area contributed by atoms with Crippen LogP contribution in [0.15, 0.2) is 72.9 Å². The van der Waals surface area contributed by atoms with Crippen molar-refractivity contribution >= 4 is 12.0 Å². The lowest BCUT2D eigenvalue weighted by atomic mass is 10.1. The number of imidazole rings is 1. The van der Waals surface area contributed by atoms with Gasteiger partial charge in [-0.05, 0) is 29.7 Å². The van der Waals surface area contributed by atoms with Crippen LogP contribution >= 0.6 is 0 Å². The summed E-state index contributed by atoms with van der Waals surface area (Å²) in [5.41, 5.74) is 5.10. The van der Waals surface area contributed by atoms with Crippen molar-refractivity contribution in [3.8, 4) is 5.82 Å². The summed E-state index contributed by atoms with van der Waals surface area (Å²) in [4.78, 5) is 3.97. The van der Waals surface area contributed by atoms with E-state index in [1.165, 1.54) is 5.56 Å². The Morgan fingerprint density at radius 1 is 1.13 bits per heavy atom. The highest BCUT2D eigenvalue weighted by molar-refractivity contribution is 5.80. The van der Waals surface area contributed by atoms with Crippen molar-refractivity contribution in [3.05, 3.63) is 78.9 Å². The summed E-state index contributed by atoms with van der Waals surface area (Å²) in [6.45, 7) is 3.73. The van der Waals surface area contributed by atoms with Crippen LogP contribution in [-0.2, 0) is 6.42 Å². The zero-order valence-corrected chi connectivity index (χ0v) is 12.5. The van der Waals surface area contributed by atoms with E-state index in [0.717, 1.165) is 12.0 Å². The molecule has 6 nitrogen and oxygen atoms in total. The van der Waals surface area contributed by atoms with Gasteiger partial charge in [0.1, 0.15) is 6.33 Å². The average molecular weight is 304 g/mol. The Labute approximate surface area is 134 Å². The molecule has 0 aliphatic heterocycles. The molecule has 1 N–H and O–H groups in total. The molecule has 1 aromatic carbocycles. The fourth-order valence-corrected chi connectivity index (χ4v) is 2.00. The molecule has 0 bridgehead atoms. The molecule has 0 fully saturated rings. The Kier molecular flexibility index (Phi) is 4.54. The van der Waals surface area contributed by atoms with E-state index in [9.17, 15) is 0 Å². The van der Waals surface area contributed by atoms with Gasteiger partial charge >= 0.3 is 0 Å². The minimum atomic E-state index is 0.577. The molecule has 0 saturated heterocycles. The van der Waals surface area contributed by atoms with Crippen molar-refractivity contribution in [2.45, 2.75) is 6.42 Å². The minimum Gasteiger partial charge on any atom is -0.289 e. The Morgan fingerprint density at radius 2 is 2.00 bits per heavy atom. The molecule has 114 valence electrons. The quantitative estimate of drug-likeness (QED) is 0.432. The van der Waals surface area contributed by atoms with Gasteiger partial charge in [0.25, 0.3) is 0 Å². The normalized spacial score (nSPS) is 10.8. The number of nitrogens with zero attached hydrogens (tertiary/aromatic N) is 5. The molecule has 0 atom stereocenters. The Bertz CT molecular complexity index is 773. The first-order valence-electron chi connectivity index (χ1n) is 7.16. The van der Waals surface area contributed by atoms with E-state index in [4.69, 9.17) is 0 Å². The molecule has 0 amide bonds. The lowest BCUT2D eigenvalue weighted by Crippen LogP contribution is -2.00. The topological polar surface area (TPSA) is 68.0 Å². The van der Waals surface area contributed by atoms with E-state index in [0.29, 0.717) is 11.6 Å². The van der Waals surface area contributed by atoms with Crippen LogP contribution in [0.25, 0.3) is 5.82 Å². The molecular weight excluding hydrogens is 288 g/mol. The van der Waals surface area contributed by atoms with Crippen LogP contribution in [0, 0.1) is 0 Å². The van der Waals surface area contributed by atoms with E-state index in [2.05, 4.69) is 44.4 Å². The molecule has 3 rings (SSSR count). The van der Waals surface area contributed by atoms with E-state index in [-0.39, 0.29) is 0 Å². The fraction of sp³-hybridized carbons (Fsp3) is 0.0588. The third-order valence-electron chi connectivity index (χ3n) is 3.17. The largest absolute Gasteiger partial charge is 0.289 e. The maximum absolute atomic E-state index is 4.16. The number of rotatable bonds is 6. The van der Waals surface area contributed by atoms with E-state index < -0.39 is 0 Å². The van der Waals surface area contributed by atoms with Gasteiger partial charge < -0.3 is 0 Å². The number of hydrogen-bond acceptors (Lipinski definition) is 5. The van der Waals surface area contributed by atoms with Gasteiger partial charge in [0.05, 0.1) is 6.21 Å². The third kappa shape index (κ3) is 3.88. The predicted octanol–water partition coefficient (Wildman–Crippen LogP) is 2.84. The Morgan fingerprint density at radius 3 is 2.65 bits per heavy atom. The van der Waals surface area contributed by atoms with Gasteiger partial charge in [-0.25, -0.2) is 4.98 Å². The SMILES string of the molecule is C=CCc1ccc(/C=N/Nc2ccc(-n3ccnc3)nn2)cc1. The molecule has 3 aromatic rings. The Balaban J connectivity index is 1.60. The zero-order chi connectivity index (χ0) is 15.9. The van der Waals surface area contributed by atoms with Crippen LogP contribution in [0.1, 0.15) is 11.1 Å². The first-order valence-corrected chi connectivity index (χ1v) is 7.16. The fourth-order valence-electron chi connectivity index (χ4n) is 2.00. The summed E-state index contributed by atoms with van der Waals surface area (Å²) < 4.78 is 1.78. The van der Waals surface area contributed by atoms with Crippen LogP contribution in [0.3, 0.4) is 0 Å². The number of hydrazone groups is 1. The van der Waals surface area contributed by atoms with Crippen molar-refractivity contribution in [3.63, 3.8) is 0 Å². The monoisotopic (exact) mass is 304 g/mol. The zero-order valence-electron chi connectivity index (χ0n) is 12.5. The number of allylic oxidation sites excluding steroid dienone is 1. The van der Waals surface area contributed by atoms with Gasteiger partial charge in [0, 0.05) is 12.4 Å². The second kappa shape index (κ2) is 7.13. The molecule has 0 aliphatic carbocycles. The molecule has 2 aromatic heterocycles. The summed E-state index contributed by atoms with van der Waals surface area (Å²) in [7, 11) is 0. The third-order valence-corrected chi connectivity index (χ3v) is 3.17. The number of anilines is 1. The summed E-state index contributed by atoms with van der Waals surface area (Å²) in [5, 5.41) is 12.3. The first-order chi connectivity index (χ1) is 11.3. The number of hydrogen-bond donors (Lipinski definition) is 1. The van der Waals surface area contributed by atoms with E-state index in [1.54, 1.807) is 23.3 Å². The van der Waals surface area contributed by atoms with Crippen LogP contribution in [0.2, 0.25) is 0 Å². The molecule has 23 heavy (non-hydrogen) atoms. The van der Waals surface area contributed by atoms with E-state index >= 15 is 0 Å². The lowest BCUT2D eigenvalue weighted by Gasteiger charge is -2.02. The molecule has 0 radical (unpaired) electrons. The molecule has 0 saturated carbocycles. The highest BCUT2D eigenvalue weighted by Gasteiger charge is 1.98.